The molecular weight excluding hydrogens is 318 g/mol. The summed E-state index contributed by atoms with van der Waals surface area (Å²) in [6.07, 6.45) is 0. The number of rotatable bonds is 4. The third-order valence-corrected chi connectivity index (χ3v) is 4.04. The lowest BCUT2D eigenvalue weighted by Crippen LogP contribution is -2.53. The summed E-state index contributed by atoms with van der Waals surface area (Å²) in [7, 11) is 0. The quantitative estimate of drug-likeness (QED) is 0.911. The van der Waals surface area contributed by atoms with E-state index in [0.717, 1.165) is 5.75 Å². The highest BCUT2D eigenvalue weighted by Crippen LogP contribution is 2.15. The van der Waals surface area contributed by atoms with Gasteiger partial charge in [0.1, 0.15) is 5.75 Å². The molecule has 0 unspecified atom stereocenters. The second kappa shape index (κ2) is 8.23. The third-order valence-electron chi connectivity index (χ3n) is 4.04. The predicted molar refractivity (Wildman–Crippen MR) is 97.9 cm³/mol. The average molecular weight is 347 g/mol. The van der Waals surface area contributed by atoms with Crippen LogP contribution in [0.2, 0.25) is 0 Å². The first-order valence-corrected chi connectivity index (χ1v) is 8.85. The van der Waals surface area contributed by atoms with Crippen LogP contribution in [-0.4, -0.2) is 61.1 Å². The Hall–Kier alpha value is -2.24. The molecule has 1 fully saturated rings. The Balaban J connectivity index is 1.84. The zero-order valence-corrected chi connectivity index (χ0v) is 15.7. The number of ether oxygens (including phenoxy) is 1. The number of carbonyl (C=O) groups excluding carboxylic acids is 2. The van der Waals surface area contributed by atoms with Gasteiger partial charge in [-0.05, 0) is 36.6 Å². The minimum atomic E-state index is -0.0527. The van der Waals surface area contributed by atoms with E-state index in [9.17, 15) is 9.59 Å². The van der Waals surface area contributed by atoms with Crippen molar-refractivity contribution in [2.45, 2.75) is 27.7 Å². The number of piperazine rings is 1. The molecule has 6 heteroatoms. The summed E-state index contributed by atoms with van der Waals surface area (Å²) in [6.45, 7) is 11.6. The second-order valence-corrected chi connectivity index (χ2v) is 7.46. The smallest absolute Gasteiger partial charge is 0.317 e. The van der Waals surface area contributed by atoms with Gasteiger partial charge in [0.25, 0.3) is 5.91 Å². The van der Waals surface area contributed by atoms with Crippen molar-refractivity contribution in [3.8, 4) is 5.75 Å². The number of urea groups is 1. The molecule has 1 saturated heterocycles. The molecule has 25 heavy (non-hydrogen) atoms. The lowest BCUT2D eigenvalue weighted by Gasteiger charge is -2.35. The highest BCUT2D eigenvalue weighted by molar-refractivity contribution is 5.94. The SMILES string of the molecule is CCOc1ccc(C(=O)N2CCN(C(=O)NCC(C)(C)C)CC2)cc1. The van der Waals surface area contributed by atoms with Gasteiger partial charge in [0.15, 0.2) is 0 Å². The van der Waals surface area contributed by atoms with Gasteiger partial charge in [-0.1, -0.05) is 20.8 Å². The Morgan fingerprint density at radius 2 is 1.60 bits per heavy atom. The van der Waals surface area contributed by atoms with E-state index >= 15 is 0 Å². The van der Waals surface area contributed by atoms with Crippen molar-refractivity contribution in [2.24, 2.45) is 5.41 Å². The van der Waals surface area contributed by atoms with Crippen LogP contribution in [0.25, 0.3) is 0 Å². The normalized spacial score (nSPS) is 15.0. The first-order valence-electron chi connectivity index (χ1n) is 8.85. The number of nitrogens with zero attached hydrogens (tertiary/aromatic N) is 2. The van der Waals surface area contributed by atoms with E-state index in [1.165, 1.54) is 0 Å². The molecule has 0 saturated carbocycles. The van der Waals surface area contributed by atoms with Crippen molar-refractivity contribution >= 4 is 11.9 Å². The zero-order chi connectivity index (χ0) is 18.4. The Morgan fingerprint density at radius 3 is 2.12 bits per heavy atom. The molecule has 6 nitrogen and oxygen atoms in total. The molecule has 3 amide bonds. The number of benzene rings is 1. The van der Waals surface area contributed by atoms with E-state index < -0.39 is 0 Å². The van der Waals surface area contributed by atoms with Gasteiger partial charge in [0.05, 0.1) is 6.61 Å². The van der Waals surface area contributed by atoms with Gasteiger partial charge >= 0.3 is 6.03 Å². The molecule has 1 aliphatic rings. The van der Waals surface area contributed by atoms with Crippen LogP contribution in [0.5, 0.6) is 5.75 Å². The molecule has 0 spiro atoms. The maximum atomic E-state index is 12.6. The predicted octanol–water partition coefficient (Wildman–Crippen LogP) is 2.60. The van der Waals surface area contributed by atoms with Gasteiger partial charge in [0.2, 0.25) is 0 Å². The number of carbonyl (C=O) groups is 2. The fraction of sp³-hybridized carbons (Fsp3) is 0.579. The van der Waals surface area contributed by atoms with Crippen molar-refractivity contribution < 1.29 is 14.3 Å². The van der Waals surface area contributed by atoms with Gasteiger partial charge in [-0.3, -0.25) is 4.79 Å². The Bertz CT molecular complexity index is 585. The molecule has 1 heterocycles. The van der Waals surface area contributed by atoms with Crippen LogP contribution in [0.1, 0.15) is 38.1 Å². The summed E-state index contributed by atoms with van der Waals surface area (Å²) in [5, 5.41) is 2.96. The van der Waals surface area contributed by atoms with E-state index in [0.29, 0.717) is 44.9 Å². The molecule has 138 valence electrons. The van der Waals surface area contributed by atoms with Crippen molar-refractivity contribution in [3.05, 3.63) is 29.8 Å². The molecule has 0 aromatic heterocycles. The van der Waals surface area contributed by atoms with E-state index in [2.05, 4.69) is 26.1 Å². The number of hydrogen-bond donors (Lipinski definition) is 1. The van der Waals surface area contributed by atoms with E-state index in [-0.39, 0.29) is 17.4 Å². The highest BCUT2D eigenvalue weighted by Gasteiger charge is 2.25. The Morgan fingerprint density at radius 1 is 1.04 bits per heavy atom. The first kappa shape index (κ1) is 19.1. The average Bonchev–Trinajstić information content (AvgIpc) is 2.59. The molecule has 1 aromatic carbocycles. The summed E-state index contributed by atoms with van der Waals surface area (Å²) in [4.78, 5) is 28.3. The van der Waals surface area contributed by atoms with Crippen molar-refractivity contribution in [3.63, 3.8) is 0 Å². The largest absolute Gasteiger partial charge is 0.494 e. The van der Waals surface area contributed by atoms with Crippen LogP contribution in [0, 0.1) is 5.41 Å². The zero-order valence-electron chi connectivity index (χ0n) is 15.7. The van der Waals surface area contributed by atoms with E-state index in [4.69, 9.17) is 4.74 Å². The topological polar surface area (TPSA) is 61.9 Å². The lowest BCUT2D eigenvalue weighted by atomic mass is 9.97. The van der Waals surface area contributed by atoms with Gasteiger partial charge in [-0.2, -0.15) is 0 Å². The highest BCUT2D eigenvalue weighted by atomic mass is 16.5. The first-order chi connectivity index (χ1) is 11.8. The van der Waals surface area contributed by atoms with Crippen molar-refractivity contribution in [1.29, 1.82) is 0 Å². The summed E-state index contributed by atoms with van der Waals surface area (Å²) < 4.78 is 5.40. The second-order valence-electron chi connectivity index (χ2n) is 7.46. The summed E-state index contributed by atoms with van der Waals surface area (Å²) >= 11 is 0. The standard InChI is InChI=1S/C19H29N3O3/c1-5-25-16-8-6-15(7-9-16)17(23)21-10-12-22(13-11-21)18(24)20-14-19(2,3)4/h6-9H,5,10-14H2,1-4H3,(H,20,24). The molecule has 0 bridgehead atoms. The molecule has 1 aliphatic heterocycles. The molecule has 0 radical (unpaired) electrons. The maximum Gasteiger partial charge on any atom is 0.317 e. The maximum absolute atomic E-state index is 12.6. The Kier molecular flexibility index (Phi) is 6.28. The van der Waals surface area contributed by atoms with Crippen LogP contribution in [-0.2, 0) is 0 Å². The minimum absolute atomic E-state index is 0.00204. The monoisotopic (exact) mass is 347 g/mol. The van der Waals surface area contributed by atoms with Crippen LogP contribution in [0.3, 0.4) is 0 Å². The van der Waals surface area contributed by atoms with Crippen molar-refractivity contribution in [2.75, 3.05) is 39.3 Å². The number of hydrogen-bond acceptors (Lipinski definition) is 3. The number of nitrogens with one attached hydrogen (secondary N) is 1. The summed E-state index contributed by atoms with van der Waals surface area (Å²) in [6, 6.07) is 7.15. The third kappa shape index (κ3) is 5.66. The van der Waals surface area contributed by atoms with E-state index in [1.807, 2.05) is 19.1 Å². The summed E-state index contributed by atoms with van der Waals surface area (Å²) in [5.74, 6) is 0.761. The van der Waals surface area contributed by atoms with Gasteiger partial charge in [-0.25, -0.2) is 4.79 Å². The molecule has 1 aromatic rings. The van der Waals surface area contributed by atoms with Crippen LogP contribution in [0.15, 0.2) is 24.3 Å². The fourth-order valence-corrected chi connectivity index (χ4v) is 2.61. The molecule has 0 atom stereocenters. The molecule has 1 N–H and O–H groups in total. The van der Waals surface area contributed by atoms with Crippen LogP contribution >= 0.6 is 0 Å². The number of amides is 3. The molecule has 2 rings (SSSR count). The van der Waals surface area contributed by atoms with Crippen LogP contribution in [0.4, 0.5) is 4.79 Å². The van der Waals surface area contributed by atoms with Crippen LogP contribution < -0.4 is 10.1 Å². The van der Waals surface area contributed by atoms with Gasteiger partial charge < -0.3 is 19.9 Å². The summed E-state index contributed by atoms with van der Waals surface area (Å²) in [5.41, 5.74) is 0.704. The molecular formula is C19H29N3O3. The molecule has 0 aliphatic carbocycles. The van der Waals surface area contributed by atoms with E-state index in [1.54, 1.807) is 21.9 Å². The lowest BCUT2D eigenvalue weighted by molar-refractivity contribution is 0.0664. The Labute approximate surface area is 150 Å². The fourth-order valence-electron chi connectivity index (χ4n) is 2.61. The minimum Gasteiger partial charge on any atom is -0.494 e. The van der Waals surface area contributed by atoms with Gasteiger partial charge in [0, 0.05) is 38.3 Å². The van der Waals surface area contributed by atoms with Gasteiger partial charge in [-0.15, -0.1) is 0 Å². The van der Waals surface area contributed by atoms with Crippen molar-refractivity contribution in [1.82, 2.24) is 15.1 Å².